The van der Waals surface area contributed by atoms with Gasteiger partial charge in [-0.05, 0) is 257 Å². The molecular formula is C77H138N20O15. The standard InChI is InChI=1S/C77H138N20O15/c1-49(2)46-61-73(107)91-56(33-17-23-41-80)68(102)89-55-30-13-9-6-8-12-29-54(88-66(100)52(31-15-21-39-78)86-64(98)48-85-75(109)63-38-27-45-97(63)76(110)59(93-69(55)103)36-20-26-44-83)67(101)90-58(35-19-25-43-82)72(106)96-62(47-50(3)4)74(108)92-57(34-18-24-42-81)70(104)94-60(77(111)112)37-14-10-5-7-11-28-51(84)65(99)87-53(71(105)95-61)32-16-22-40-79/h5-7,9,49-63H,8,10-48,78-84H2,1-4H3,(H,85,109)(H,86,98)(H,87,99)(H,88,100)(H,89,102)(H,90,101)(H,91,107)(H,92,108)(H,93,103)(H,94,104)(H,95,105)(H,96,106)(H,111,112)/b7-5+,9-6-/t51-,52-,53-,54-,55-,56-,57-,58-,59-,60-,61-,62-,63+/m0/s1. The second-order valence-electron chi connectivity index (χ2n) is 30.5. The van der Waals surface area contributed by atoms with Crippen LogP contribution in [0.15, 0.2) is 24.3 Å². The van der Waals surface area contributed by atoms with Crippen LogP contribution >= 0.6 is 0 Å². The van der Waals surface area contributed by atoms with E-state index in [2.05, 4.69) is 63.8 Å². The van der Waals surface area contributed by atoms with Gasteiger partial charge in [0, 0.05) is 6.54 Å². The molecule has 3 heterocycles. The van der Waals surface area contributed by atoms with Crippen molar-refractivity contribution in [2.45, 2.75) is 312 Å². The molecule has 1 saturated heterocycles. The molecule has 0 aromatic heterocycles. The van der Waals surface area contributed by atoms with Gasteiger partial charge in [-0.2, -0.15) is 0 Å². The van der Waals surface area contributed by atoms with Crippen LogP contribution in [0, 0.1) is 11.8 Å². The van der Waals surface area contributed by atoms with Crippen LogP contribution < -0.4 is 104 Å². The van der Waals surface area contributed by atoms with E-state index in [0.29, 0.717) is 103 Å². The van der Waals surface area contributed by atoms with Crippen molar-refractivity contribution in [2.24, 2.45) is 52.0 Å². The minimum Gasteiger partial charge on any atom is -0.480 e. The minimum absolute atomic E-state index is 0.0150. The highest BCUT2D eigenvalue weighted by Gasteiger charge is 2.41. The maximum Gasteiger partial charge on any atom is 0.326 e. The Hall–Kier alpha value is -8.22. The highest BCUT2D eigenvalue weighted by atomic mass is 16.4. The minimum atomic E-state index is -1.38. The summed E-state index contributed by atoms with van der Waals surface area (Å²) in [6, 6.07) is -16.5. The molecule has 3 aliphatic rings. The lowest BCUT2D eigenvalue weighted by Crippen LogP contribution is -2.60. The number of nitrogens with two attached hydrogens (primary N) is 7. The number of carbonyl (C=O) groups is 14. The lowest BCUT2D eigenvalue weighted by atomic mass is 10.00. The number of carboxylic acids is 1. The number of aliphatic carboxylic acids is 1. The third-order valence-corrected chi connectivity index (χ3v) is 20.0. The normalized spacial score (nSPS) is 26.9. The van der Waals surface area contributed by atoms with Crippen LogP contribution in [-0.2, 0) is 67.1 Å². The van der Waals surface area contributed by atoms with Gasteiger partial charge in [0.2, 0.25) is 76.8 Å². The first kappa shape index (κ1) is 98.0. The molecule has 0 aliphatic carbocycles. The lowest BCUT2D eigenvalue weighted by molar-refractivity contribution is -0.142. The van der Waals surface area contributed by atoms with E-state index in [1.165, 1.54) is 4.90 Å². The van der Waals surface area contributed by atoms with Gasteiger partial charge in [-0.3, -0.25) is 62.3 Å². The maximum absolute atomic E-state index is 15.0. The first-order chi connectivity index (χ1) is 53.6. The number of carboxylic acid groups (broad SMARTS) is 1. The zero-order valence-electron chi connectivity index (χ0n) is 66.9. The number of hydrogen-bond acceptors (Lipinski definition) is 21. The highest BCUT2D eigenvalue weighted by Crippen LogP contribution is 2.22. The summed E-state index contributed by atoms with van der Waals surface area (Å²) < 4.78 is 0. The van der Waals surface area contributed by atoms with Gasteiger partial charge >= 0.3 is 5.97 Å². The molecule has 27 N–H and O–H groups in total. The molecule has 3 aliphatic heterocycles. The summed E-state index contributed by atoms with van der Waals surface area (Å²) in [6.07, 6.45) is 14.6. The predicted octanol–water partition coefficient (Wildman–Crippen LogP) is -1.25. The zero-order chi connectivity index (χ0) is 82.9. The second kappa shape index (κ2) is 56.1. The fourth-order valence-corrected chi connectivity index (χ4v) is 13.5. The molecule has 13 atom stereocenters. The molecule has 0 spiro atoms. The Bertz CT molecular complexity index is 3020. The van der Waals surface area contributed by atoms with Crippen molar-refractivity contribution in [3.05, 3.63) is 24.3 Å². The van der Waals surface area contributed by atoms with Crippen LogP contribution in [0.5, 0.6) is 0 Å². The fourth-order valence-electron chi connectivity index (χ4n) is 13.5. The molecule has 112 heavy (non-hydrogen) atoms. The Morgan fingerprint density at radius 1 is 0.375 bits per heavy atom. The van der Waals surface area contributed by atoms with Gasteiger partial charge in [-0.15, -0.1) is 0 Å². The van der Waals surface area contributed by atoms with Crippen LogP contribution in [0.2, 0.25) is 0 Å². The molecule has 2 bridgehead atoms. The number of amides is 13. The van der Waals surface area contributed by atoms with E-state index in [1.54, 1.807) is 24.3 Å². The molecule has 3 rings (SSSR count). The number of allylic oxidation sites excluding steroid dienone is 4. The van der Waals surface area contributed by atoms with Gasteiger partial charge in [0.25, 0.3) is 0 Å². The Morgan fingerprint density at radius 2 is 0.714 bits per heavy atom. The average Bonchev–Trinajstić information content (AvgIpc) is 1.64. The van der Waals surface area contributed by atoms with Crippen LogP contribution in [-0.4, -0.2) is 224 Å². The van der Waals surface area contributed by atoms with Crippen molar-refractivity contribution in [1.29, 1.82) is 0 Å². The third kappa shape index (κ3) is 38.1. The number of unbranched alkanes of at least 4 members (excludes halogenated alkanes) is 6. The van der Waals surface area contributed by atoms with Crippen LogP contribution in [0.4, 0.5) is 0 Å². The predicted molar refractivity (Wildman–Crippen MR) is 425 cm³/mol. The molecule has 1 fully saturated rings. The van der Waals surface area contributed by atoms with E-state index in [-0.39, 0.29) is 160 Å². The molecule has 0 unspecified atom stereocenters. The third-order valence-electron chi connectivity index (χ3n) is 20.0. The van der Waals surface area contributed by atoms with E-state index >= 15 is 0 Å². The summed E-state index contributed by atoms with van der Waals surface area (Å²) in [5.74, 6) is -11.4. The monoisotopic (exact) mass is 1580 g/mol. The van der Waals surface area contributed by atoms with Crippen LogP contribution in [0.25, 0.3) is 0 Å². The summed E-state index contributed by atoms with van der Waals surface area (Å²) in [6.45, 7) is 8.29. The number of hydrogen-bond donors (Lipinski definition) is 20. The highest BCUT2D eigenvalue weighted by molar-refractivity contribution is 6.00. The van der Waals surface area contributed by atoms with E-state index < -0.39 is 168 Å². The largest absolute Gasteiger partial charge is 0.480 e. The molecule has 13 amide bonds. The van der Waals surface area contributed by atoms with Crippen LogP contribution in [0.3, 0.4) is 0 Å². The van der Waals surface area contributed by atoms with E-state index in [1.807, 2.05) is 27.7 Å². The van der Waals surface area contributed by atoms with Crippen molar-refractivity contribution >= 4 is 82.8 Å². The number of carbonyl (C=O) groups excluding carboxylic acids is 13. The van der Waals surface area contributed by atoms with Gasteiger partial charge in [0.1, 0.15) is 72.5 Å². The SMILES string of the molecule is CC(C)C[C@@H]1NC(=O)[C@H](CCCCN)NC(=O)[C@@H]2CCC/C=C\CC[C@H](NC(=O)[C@H](CCCCN)NC(=O)[C@H](CC(C)C)NC(=O)[C@H](CCCCN)NC(=O)[C@@H](N)CC/C=C/CCC[C@@H](C(=O)O)NC(=O)[C@H](CCCCN)NC1=O)C(=O)N[C@@H](CCCCN)C(=O)N1CCC[C@@H]1C(=O)NCC(=O)N[C@@H](CCCCN)C(=O)N2. The lowest BCUT2D eigenvalue weighted by Gasteiger charge is -2.30. The van der Waals surface area contributed by atoms with Gasteiger partial charge < -0.3 is 114 Å². The number of rotatable bonds is 29. The zero-order valence-corrected chi connectivity index (χ0v) is 66.9. The van der Waals surface area contributed by atoms with Crippen molar-refractivity contribution < 1.29 is 72.2 Å². The topological polar surface area (TPSA) is 589 Å². The van der Waals surface area contributed by atoms with Gasteiger partial charge in [-0.1, -0.05) is 52.0 Å². The molecular weight excluding hydrogens is 1440 g/mol. The van der Waals surface area contributed by atoms with Crippen molar-refractivity contribution in [3.8, 4) is 0 Å². The number of fused-ring (bicyclic) bond motifs is 8. The van der Waals surface area contributed by atoms with Gasteiger partial charge in [0.15, 0.2) is 0 Å². The molecule has 0 aromatic carbocycles. The Labute approximate surface area is 661 Å². The van der Waals surface area contributed by atoms with Gasteiger partial charge in [0.05, 0.1) is 12.6 Å². The van der Waals surface area contributed by atoms with E-state index in [4.69, 9.17) is 40.1 Å². The molecule has 35 nitrogen and oxygen atoms in total. The number of nitrogens with one attached hydrogen (secondary N) is 12. The molecule has 0 radical (unpaired) electrons. The van der Waals surface area contributed by atoms with E-state index in [0.717, 1.165) is 0 Å². The molecule has 0 saturated carbocycles. The Morgan fingerprint density at radius 3 is 1.14 bits per heavy atom. The average molecular weight is 1580 g/mol. The van der Waals surface area contributed by atoms with Crippen molar-refractivity contribution in [2.75, 3.05) is 52.4 Å². The smallest absolute Gasteiger partial charge is 0.326 e. The molecule has 35 heteroatoms. The maximum atomic E-state index is 15.0. The van der Waals surface area contributed by atoms with E-state index in [9.17, 15) is 72.2 Å². The first-order valence-corrected chi connectivity index (χ1v) is 41.0. The quantitative estimate of drug-likeness (QED) is 0.0307. The fraction of sp³-hybridized carbons (Fsp3) is 0.766. The first-order valence-electron chi connectivity index (χ1n) is 41.0. The van der Waals surface area contributed by atoms with Gasteiger partial charge in [-0.25, -0.2) is 4.79 Å². The second-order valence-corrected chi connectivity index (χ2v) is 30.5. The van der Waals surface area contributed by atoms with Crippen LogP contribution in [0.1, 0.15) is 233 Å². The summed E-state index contributed by atoms with van der Waals surface area (Å²) in [5.41, 5.74) is 41.7. The van der Waals surface area contributed by atoms with Crippen molar-refractivity contribution in [1.82, 2.24) is 68.7 Å². The summed E-state index contributed by atoms with van der Waals surface area (Å²) in [7, 11) is 0. The molecule has 0 aromatic rings. The van der Waals surface area contributed by atoms with Crippen molar-refractivity contribution in [3.63, 3.8) is 0 Å². The summed E-state index contributed by atoms with van der Waals surface area (Å²) >= 11 is 0. The Kier molecular flexibility index (Phi) is 49.1. The summed E-state index contributed by atoms with van der Waals surface area (Å²) in [4.78, 5) is 203. The summed E-state index contributed by atoms with van der Waals surface area (Å²) in [5, 5.41) is 43.6. The number of nitrogens with zero attached hydrogens (tertiary/aromatic N) is 1. The molecule has 636 valence electrons. The Balaban J connectivity index is 2.33.